The summed E-state index contributed by atoms with van der Waals surface area (Å²) in [5, 5.41) is 0. The minimum absolute atomic E-state index is 0.250. The van der Waals surface area contributed by atoms with E-state index in [-0.39, 0.29) is 5.41 Å². The van der Waals surface area contributed by atoms with Crippen molar-refractivity contribution in [3.8, 4) is 0 Å². The molecule has 1 aromatic carbocycles. The average molecular weight is 280 g/mol. The van der Waals surface area contributed by atoms with Crippen LogP contribution in [0.3, 0.4) is 0 Å². The number of Topliss-reactive ketones (excluding diaryl/α,β-unsaturated/α-hetero) is 1. The van der Waals surface area contributed by atoms with Gasteiger partial charge in [0.2, 0.25) is 0 Å². The smallest absolute Gasteiger partial charge is 0.163 e. The number of carbonyl (C=O) groups excluding carboxylic acids is 1. The molecule has 0 heterocycles. The van der Waals surface area contributed by atoms with Crippen LogP contribution in [-0.4, -0.2) is 5.78 Å². The Kier molecular flexibility index (Phi) is 2.89. The third-order valence-electron chi connectivity index (χ3n) is 5.80. The maximum atomic E-state index is 12.6. The second-order valence-corrected chi connectivity index (χ2v) is 7.92. The summed E-state index contributed by atoms with van der Waals surface area (Å²) in [6.07, 6.45) is 10.3. The predicted molar refractivity (Wildman–Crippen MR) is 85.4 cm³/mol. The first-order valence-corrected chi connectivity index (χ1v) is 8.39. The molecule has 0 aromatic heterocycles. The van der Waals surface area contributed by atoms with Crippen LogP contribution in [0.4, 0.5) is 0 Å². The van der Waals surface area contributed by atoms with Crippen molar-refractivity contribution in [2.45, 2.75) is 46.0 Å². The van der Waals surface area contributed by atoms with Crippen molar-refractivity contribution < 1.29 is 4.79 Å². The van der Waals surface area contributed by atoms with Crippen molar-refractivity contribution >= 4 is 5.78 Å². The lowest BCUT2D eigenvalue weighted by Gasteiger charge is -2.39. The molecule has 0 N–H and O–H groups in total. The number of hydrogen-bond donors (Lipinski definition) is 0. The topological polar surface area (TPSA) is 17.1 Å². The van der Waals surface area contributed by atoms with Crippen molar-refractivity contribution in [3.63, 3.8) is 0 Å². The molecule has 2 bridgehead atoms. The van der Waals surface area contributed by atoms with E-state index in [1.165, 1.54) is 24.0 Å². The Morgan fingerprint density at radius 3 is 2.76 bits per heavy atom. The maximum absolute atomic E-state index is 12.6. The van der Waals surface area contributed by atoms with Crippen molar-refractivity contribution in [1.29, 1.82) is 0 Å². The number of hydrogen-bond acceptors (Lipinski definition) is 1. The van der Waals surface area contributed by atoms with Crippen molar-refractivity contribution in [2.75, 3.05) is 0 Å². The van der Waals surface area contributed by atoms with Crippen LogP contribution in [0.2, 0.25) is 0 Å². The largest absolute Gasteiger partial charge is 0.294 e. The number of allylic oxidation sites excluding steroid dienone is 2. The van der Waals surface area contributed by atoms with E-state index in [1.54, 1.807) is 0 Å². The molecule has 1 nitrogen and oxygen atoms in total. The quantitative estimate of drug-likeness (QED) is 0.724. The summed E-state index contributed by atoms with van der Waals surface area (Å²) in [5.74, 6) is 2.44. The van der Waals surface area contributed by atoms with Gasteiger partial charge in [0.25, 0.3) is 0 Å². The highest BCUT2D eigenvalue weighted by molar-refractivity contribution is 5.99. The normalized spacial score (nSPS) is 33.2. The van der Waals surface area contributed by atoms with E-state index in [9.17, 15) is 4.79 Å². The summed E-state index contributed by atoms with van der Waals surface area (Å²) in [7, 11) is 0. The molecule has 0 amide bonds. The van der Waals surface area contributed by atoms with Crippen LogP contribution in [-0.2, 0) is 12.8 Å². The highest BCUT2D eigenvalue weighted by atomic mass is 16.1. The van der Waals surface area contributed by atoms with Gasteiger partial charge in [-0.3, -0.25) is 4.79 Å². The first-order chi connectivity index (χ1) is 10.1. The van der Waals surface area contributed by atoms with Gasteiger partial charge in [-0.05, 0) is 60.0 Å². The molecule has 0 radical (unpaired) electrons. The third kappa shape index (κ3) is 2.09. The van der Waals surface area contributed by atoms with Crippen molar-refractivity contribution in [3.05, 3.63) is 47.0 Å². The number of benzene rings is 1. The number of rotatable bonds is 2. The fourth-order valence-corrected chi connectivity index (χ4v) is 4.98. The van der Waals surface area contributed by atoms with E-state index in [2.05, 4.69) is 44.2 Å². The summed E-state index contributed by atoms with van der Waals surface area (Å²) in [5.41, 5.74) is 3.97. The number of carbonyl (C=O) groups is 1. The first kappa shape index (κ1) is 13.3. The fourth-order valence-electron chi connectivity index (χ4n) is 4.98. The number of fused-ring (bicyclic) bond motifs is 4. The summed E-state index contributed by atoms with van der Waals surface area (Å²) < 4.78 is 0. The first-order valence-electron chi connectivity index (χ1n) is 8.39. The van der Waals surface area contributed by atoms with Crippen molar-refractivity contribution in [1.82, 2.24) is 0 Å². The molecule has 1 heteroatoms. The molecule has 21 heavy (non-hydrogen) atoms. The standard InChI is InChI=1S/C20H24O/c1-13(2)7-14-4-6-18-16(8-14)11-20(12-19(18)21)10-15-3-5-17(20)9-15/h3-6,8,13,15,17H,7,9-12H2,1-2H3. The lowest BCUT2D eigenvalue weighted by atomic mass is 9.64. The Hall–Kier alpha value is -1.37. The van der Waals surface area contributed by atoms with Crippen molar-refractivity contribution in [2.24, 2.45) is 23.2 Å². The zero-order chi connectivity index (χ0) is 14.6. The zero-order valence-corrected chi connectivity index (χ0v) is 13.1. The molecule has 0 saturated heterocycles. The van der Waals surface area contributed by atoms with E-state index >= 15 is 0 Å². The molecule has 1 saturated carbocycles. The van der Waals surface area contributed by atoms with Gasteiger partial charge in [-0.1, -0.05) is 44.2 Å². The second kappa shape index (κ2) is 4.56. The minimum atomic E-state index is 0.250. The molecule has 1 spiro atoms. The van der Waals surface area contributed by atoms with E-state index in [0.29, 0.717) is 17.6 Å². The summed E-state index contributed by atoms with van der Waals surface area (Å²) in [6, 6.07) is 6.57. The molecule has 3 unspecified atom stereocenters. The zero-order valence-electron chi connectivity index (χ0n) is 13.1. The summed E-state index contributed by atoms with van der Waals surface area (Å²) in [4.78, 5) is 12.6. The van der Waals surface area contributed by atoms with Crippen LogP contribution in [0.5, 0.6) is 0 Å². The lowest BCUT2D eigenvalue weighted by Crippen LogP contribution is -2.36. The fraction of sp³-hybridized carbons (Fsp3) is 0.550. The molecule has 3 aliphatic carbocycles. The van der Waals surface area contributed by atoms with Crippen LogP contribution in [0, 0.1) is 23.2 Å². The van der Waals surface area contributed by atoms with E-state index < -0.39 is 0 Å². The van der Waals surface area contributed by atoms with Crippen LogP contribution in [0.25, 0.3) is 0 Å². The molecule has 4 rings (SSSR count). The Balaban J connectivity index is 1.70. The molecule has 0 aliphatic heterocycles. The molecule has 3 aliphatic rings. The summed E-state index contributed by atoms with van der Waals surface area (Å²) in [6.45, 7) is 4.51. The van der Waals surface area contributed by atoms with Gasteiger partial charge < -0.3 is 0 Å². The van der Waals surface area contributed by atoms with Gasteiger partial charge in [-0.15, -0.1) is 0 Å². The highest BCUT2D eigenvalue weighted by Crippen LogP contribution is 2.57. The van der Waals surface area contributed by atoms with E-state index in [0.717, 1.165) is 30.7 Å². The van der Waals surface area contributed by atoms with Crippen LogP contribution >= 0.6 is 0 Å². The Labute approximate surface area is 127 Å². The molecule has 1 aromatic rings. The van der Waals surface area contributed by atoms with Gasteiger partial charge in [0.15, 0.2) is 5.78 Å². The molecule has 110 valence electrons. The van der Waals surface area contributed by atoms with Gasteiger partial charge >= 0.3 is 0 Å². The van der Waals surface area contributed by atoms with Gasteiger partial charge in [0, 0.05) is 12.0 Å². The summed E-state index contributed by atoms with van der Waals surface area (Å²) >= 11 is 0. The molecule has 3 atom stereocenters. The predicted octanol–water partition coefficient (Wildman–Crippen LogP) is 4.60. The number of ketones is 1. The molecular formula is C20H24O. The van der Waals surface area contributed by atoms with Gasteiger partial charge in [-0.2, -0.15) is 0 Å². The van der Waals surface area contributed by atoms with Crippen LogP contribution in [0.1, 0.15) is 54.6 Å². The Morgan fingerprint density at radius 1 is 1.24 bits per heavy atom. The van der Waals surface area contributed by atoms with Gasteiger partial charge in [0.1, 0.15) is 0 Å². The SMILES string of the molecule is CC(C)Cc1ccc2c(c1)CC1(CC2=O)CC2C=CC1C2. The van der Waals surface area contributed by atoms with E-state index in [1.807, 2.05) is 0 Å². The highest BCUT2D eigenvalue weighted by Gasteiger charge is 2.51. The Morgan fingerprint density at radius 2 is 2.10 bits per heavy atom. The monoisotopic (exact) mass is 280 g/mol. The second-order valence-electron chi connectivity index (χ2n) is 7.92. The third-order valence-corrected chi connectivity index (χ3v) is 5.80. The van der Waals surface area contributed by atoms with E-state index in [4.69, 9.17) is 0 Å². The van der Waals surface area contributed by atoms with Gasteiger partial charge in [-0.25, -0.2) is 0 Å². The Bertz CT molecular complexity index is 625. The molecule has 1 fully saturated rings. The minimum Gasteiger partial charge on any atom is -0.294 e. The maximum Gasteiger partial charge on any atom is 0.163 e. The van der Waals surface area contributed by atoms with Crippen LogP contribution < -0.4 is 0 Å². The average Bonchev–Trinajstić information content (AvgIpc) is 2.97. The van der Waals surface area contributed by atoms with Crippen LogP contribution in [0.15, 0.2) is 30.4 Å². The van der Waals surface area contributed by atoms with Gasteiger partial charge in [0.05, 0.1) is 0 Å². The lowest BCUT2D eigenvalue weighted by molar-refractivity contribution is 0.0848. The molecular weight excluding hydrogens is 256 g/mol.